The average Bonchev–Trinajstić information content (AvgIpc) is 2.63. The van der Waals surface area contributed by atoms with Gasteiger partial charge in [-0.3, -0.25) is 5.01 Å². The maximum absolute atomic E-state index is 4.65. The van der Waals surface area contributed by atoms with Gasteiger partial charge < -0.3 is 4.90 Å². The van der Waals surface area contributed by atoms with E-state index in [1.54, 1.807) is 4.90 Å². The Morgan fingerprint density at radius 3 is 2.29 bits per heavy atom. The second-order valence-electron chi connectivity index (χ2n) is 6.41. The predicted octanol–water partition coefficient (Wildman–Crippen LogP) is 2.48. The molecule has 0 radical (unpaired) electrons. The van der Waals surface area contributed by atoms with Crippen molar-refractivity contribution in [1.29, 1.82) is 0 Å². The second kappa shape index (κ2) is 8.46. The number of nitrogens with one attached hydrogen (secondary N) is 1. The normalized spacial score (nSPS) is 16.7. The largest absolute Gasteiger partial charge is 0.328 e. The van der Waals surface area contributed by atoms with E-state index in [4.69, 9.17) is 0 Å². The first-order valence-electron chi connectivity index (χ1n) is 8.69. The topological polar surface area (TPSA) is 20.0 Å². The van der Waals surface area contributed by atoms with Gasteiger partial charge in [-0.15, -0.1) is 0 Å². The quantitative estimate of drug-likeness (QED) is 0.839. The lowest BCUT2D eigenvalue weighted by atomic mass is 10.1. The van der Waals surface area contributed by atoms with Gasteiger partial charge in [0.05, 0.1) is 26.2 Å². The maximum Gasteiger partial charge on any atom is 0.103 e. The third-order valence-corrected chi connectivity index (χ3v) is 4.36. The summed E-state index contributed by atoms with van der Waals surface area (Å²) in [5, 5.41) is 6.84. The maximum atomic E-state index is 4.65. The molecule has 3 heteroatoms. The van der Waals surface area contributed by atoms with Crippen LogP contribution in [0.5, 0.6) is 0 Å². The number of rotatable bonds is 5. The molecule has 0 spiro atoms. The first-order valence-corrected chi connectivity index (χ1v) is 8.69. The lowest BCUT2D eigenvalue weighted by Crippen LogP contribution is -3.13. The SMILES string of the molecule is CC(=Cc1ccccc1)/C=N\N1CC[NH+](Cc2ccccc2)CC1. The van der Waals surface area contributed by atoms with E-state index in [0.29, 0.717) is 0 Å². The van der Waals surface area contributed by atoms with E-state index in [-0.39, 0.29) is 0 Å². The number of hydrogen-bond acceptors (Lipinski definition) is 2. The Kier molecular flexibility index (Phi) is 5.80. The van der Waals surface area contributed by atoms with E-state index in [9.17, 15) is 0 Å². The second-order valence-corrected chi connectivity index (χ2v) is 6.41. The molecule has 1 aliphatic rings. The Bertz CT molecular complexity index is 669. The van der Waals surface area contributed by atoms with Crippen molar-refractivity contribution in [3.8, 4) is 0 Å². The summed E-state index contributed by atoms with van der Waals surface area (Å²) in [5.41, 5.74) is 3.82. The van der Waals surface area contributed by atoms with Crippen LogP contribution >= 0.6 is 0 Å². The number of nitrogens with zero attached hydrogens (tertiary/aromatic N) is 2. The van der Waals surface area contributed by atoms with Crippen LogP contribution in [0.3, 0.4) is 0 Å². The van der Waals surface area contributed by atoms with Gasteiger partial charge in [0.1, 0.15) is 6.54 Å². The van der Waals surface area contributed by atoms with Gasteiger partial charge in [0.15, 0.2) is 0 Å². The Hall–Kier alpha value is -2.39. The lowest BCUT2D eigenvalue weighted by Gasteiger charge is -2.30. The monoisotopic (exact) mass is 320 g/mol. The van der Waals surface area contributed by atoms with Crippen LogP contribution in [-0.4, -0.2) is 37.4 Å². The van der Waals surface area contributed by atoms with E-state index in [1.807, 2.05) is 12.3 Å². The fourth-order valence-electron chi connectivity index (χ4n) is 3.01. The van der Waals surface area contributed by atoms with E-state index in [0.717, 1.165) is 32.7 Å². The van der Waals surface area contributed by atoms with Crippen LogP contribution in [0.25, 0.3) is 6.08 Å². The molecule has 1 aliphatic heterocycles. The highest BCUT2D eigenvalue weighted by molar-refractivity contribution is 5.84. The summed E-state index contributed by atoms with van der Waals surface area (Å²) in [7, 11) is 0. The van der Waals surface area contributed by atoms with Gasteiger partial charge in [-0.05, 0) is 18.1 Å². The molecule has 0 saturated carbocycles. The smallest absolute Gasteiger partial charge is 0.103 e. The molecule has 0 aromatic heterocycles. The Labute approximate surface area is 144 Å². The van der Waals surface area contributed by atoms with Crippen molar-refractivity contribution in [3.63, 3.8) is 0 Å². The molecule has 0 amide bonds. The number of piperazine rings is 1. The molecule has 0 atom stereocenters. The Morgan fingerprint density at radius 1 is 1.00 bits per heavy atom. The first-order chi connectivity index (χ1) is 11.8. The van der Waals surface area contributed by atoms with Crippen molar-refractivity contribution in [2.45, 2.75) is 13.5 Å². The van der Waals surface area contributed by atoms with Crippen LogP contribution in [0.15, 0.2) is 71.3 Å². The molecule has 3 nitrogen and oxygen atoms in total. The molecule has 0 bridgehead atoms. The number of allylic oxidation sites excluding steroid dienone is 1. The fraction of sp³-hybridized carbons (Fsp3) is 0.286. The number of hydrogen-bond donors (Lipinski definition) is 1. The summed E-state index contributed by atoms with van der Waals surface area (Å²) in [4.78, 5) is 1.64. The number of quaternary nitrogens is 1. The molecule has 2 aromatic rings. The van der Waals surface area contributed by atoms with Crippen molar-refractivity contribution in [2.75, 3.05) is 26.2 Å². The van der Waals surface area contributed by atoms with Gasteiger partial charge in [-0.2, -0.15) is 5.10 Å². The summed E-state index contributed by atoms with van der Waals surface area (Å²) in [6.45, 7) is 7.56. The summed E-state index contributed by atoms with van der Waals surface area (Å²) < 4.78 is 0. The predicted molar refractivity (Wildman–Crippen MR) is 101 cm³/mol. The standard InChI is InChI=1S/C21H25N3/c1-19(16-20-8-4-2-5-9-20)17-22-24-14-12-23(13-15-24)18-21-10-6-3-7-11-21/h2-11,16-17H,12-15,18H2,1H3/p+1/b19-16?,22-17-. The van der Waals surface area contributed by atoms with Gasteiger partial charge in [-0.25, -0.2) is 0 Å². The zero-order valence-electron chi connectivity index (χ0n) is 14.4. The minimum absolute atomic E-state index is 1.03. The summed E-state index contributed by atoms with van der Waals surface area (Å²) in [5.74, 6) is 0. The highest BCUT2D eigenvalue weighted by Crippen LogP contribution is 2.05. The molecule has 0 aliphatic carbocycles. The highest BCUT2D eigenvalue weighted by Gasteiger charge is 2.18. The Morgan fingerprint density at radius 2 is 1.62 bits per heavy atom. The molecule has 2 aromatic carbocycles. The lowest BCUT2D eigenvalue weighted by molar-refractivity contribution is -0.918. The van der Waals surface area contributed by atoms with Gasteiger partial charge in [0.25, 0.3) is 0 Å². The molecule has 1 heterocycles. The van der Waals surface area contributed by atoms with Crippen LogP contribution in [0.2, 0.25) is 0 Å². The molecule has 3 rings (SSSR count). The fourth-order valence-corrected chi connectivity index (χ4v) is 3.01. The van der Waals surface area contributed by atoms with E-state index in [2.05, 4.69) is 77.7 Å². The molecule has 24 heavy (non-hydrogen) atoms. The highest BCUT2D eigenvalue weighted by atomic mass is 15.5. The van der Waals surface area contributed by atoms with Crippen molar-refractivity contribution in [3.05, 3.63) is 77.4 Å². The summed E-state index contributed by atoms with van der Waals surface area (Å²) in [6, 6.07) is 21.1. The molecule has 1 fully saturated rings. The molecule has 1 saturated heterocycles. The molecular weight excluding hydrogens is 294 g/mol. The molecule has 124 valence electrons. The van der Waals surface area contributed by atoms with Gasteiger partial charge in [-0.1, -0.05) is 66.7 Å². The summed E-state index contributed by atoms with van der Waals surface area (Å²) >= 11 is 0. The Balaban J connectivity index is 1.47. The minimum atomic E-state index is 1.03. The van der Waals surface area contributed by atoms with Gasteiger partial charge >= 0.3 is 0 Å². The van der Waals surface area contributed by atoms with E-state index < -0.39 is 0 Å². The third kappa shape index (κ3) is 5.07. The molecule has 1 N–H and O–H groups in total. The van der Waals surface area contributed by atoms with Crippen LogP contribution in [0, 0.1) is 0 Å². The van der Waals surface area contributed by atoms with E-state index >= 15 is 0 Å². The average molecular weight is 320 g/mol. The van der Waals surface area contributed by atoms with Crippen molar-refractivity contribution in [1.82, 2.24) is 5.01 Å². The van der Waals surface area contributed by atoms with Crippen molar-refractivity contribution in [2.24, 2.45) is 5.10 Å². The third-order valence-electron chi connectivity index (χ3n) is 4.36. The van der Waals surface area contributed by atoms with Crippen molar-refractivity contribution >= 4 is 12.3 Å². The minimum Gasteiger partial charge on any atom is -0.328 e. The van der Waals surface area contributed by atoms with Crippen molar-refractivity contribution < 1.29 is 4.90 Å². The zero-order valence-corrected chi connectivity index (χ0v) is 14.4. The number of hydrazone groups is 1. The van der Waals surface area contributed by atoms with Crippen LogP contribution in [0.1, 0.15) is 18.1 Å². The first kappa shape index (κ1) is 16.5. The van der Waals surface area contributed by atoms with E-state index in [1.165, 1.54) is 16.7 Å². The van der Waals surface area contributed by atoms with Crippen LogP contribution in [-0.2, 0) is 6.54 Å². The van der Waals surface area contributed by atoms with Crippen LogP contribution < -0.4 is 4.90 Å². The van der Waals surface area contributed by atoms with Gasteiger partial charge in [0, 0.05) is 11.8 Å². The van der Waals surface area contributed by atoms with Crippen LogP contribution in [0.4, 0.5) is 0 Å². The zero-order chi connectivity index (χ0) is 16.6. The number of benzene rings is 2. The van der Waals surface area contributed by atoms with Gasteiger partial charge in [0.2, 0.25) is 0 Å². The summed E-state index contributed by atoms with van der Waals surface area (Å²) in [6.07, 6.45) is 4.15. The molecule has 0 unspecified atom stereocenters. The molecular formula is C21H26N3+.